The second-order valence-electron chi connectivity index (χ2n) is 6.73. The number of nitrogens with one attached hydrogen (secondary N) is 1. The van der Waals surface area contributed by atoms with Crippen LogP contribution in [0.2, 0.25) is 0 Å². The average Bonchev–Trinajstić information content (AvgIpc) is 2.61. The molecule has 0 spiro atoms. The highest BCUT2D eigenvalue weighted by Crippen LogP contribution is 2.32. The molecule has 2 saturated heterocycles. The highest BCUT2D eigenvalue weighted by atomic mass is 16.7. The van der Waals surface area contributed by atoms with Gasteiger partial charge in [0.25, 0.3) is 0 Å². The predicted octanol–water partition coefficient (Wildman–Crippen LogP) is -0.627. The number of rotatable bonds is 4. The summed E-state index contributed by atoms with van der Waals surface area (Å²) in [6, 6.07) is 0. The number of ether oxygens (including phenoxy) is 3. The van der Waals surface area contributed by atoms with E-state index in [0.29, 0.717) is 6.42 Å². The summed E-state index contributed by atoms with van der Waals surface area (Å²) in [5, 5.41) is 42.8. The van der Waals surface area contributed by atoms with Crippen molar-refractivity contribution < 1.29 is 34.6 Å². The Balaban J connectivity index is 0.00000151. The molecule has 0 saturated carbocycles. The Morgan fingerprint density at radius 1 is 1.08 bits per heavy atom. The van der Waals surface area contributed by atoms with E-state index in [1.807, 2.05) is 20.8 Å². The van der Waals surface area contributed by atoms with Crippen LogP contribution in [0.3, 0.4) is 0 Å². The molecule has 9 atom stereocenters. The van der Waals surface area contributed by atoms with Crippen molar-refractivity contribution in [3.8, 4) is 0 Å². The minimum Gasteiger partial charge on any atom is -0.394 e. The SMILES string of the molecule is CC.CN[C@@]1(C)C[C@H](O[C@@H]2[C@@H](O)[C@H](O)[C@@H](CO)O[C@H]2C)O[C@@H](C)[C@H]1O. The molecule has 0 radical (unpaired) electrons. The summed E-state index contributed by atoms with van der Waals surface area (Å²) >= 11 is 0. The van der Waals surface area contributed by atoms with Gasteiger partial charge in [-0.15, -0.1) is 0 Å². The zero-order chi connectivity index (χ0) is 19.4. The summed E-state index contributed by atoms with van der Waals surface area (Å²) in [6.07, 6.45) is -5.99. The maximum atomic E-state index is 10.3. The van der Waals surface area contributed by atoms with E-state index in [9.17, 15) is 20.4 Å². The maximum absolute atomic E-state index is 10.3. The Hall–Kier alpha value is -0.320. The van der Waals surface area contributed by atoms with E-state index in [1.165, 1.54) is 0 Å². The van der Waals surface area contributed by atoms with Crippen LogP contribution in [0.1, 0.15) is 41.0 Å². The number of hydrogen-bond donors (Lipinski definition) is 5. The van der Waals surface area contributed by atoms with Gasteiger partial charge in [-0.1, -0.05) is 13.8 Å². The van der Waals surface area contributed by atoms with E-state index < -0.39 is 54.6 Å². The monoisotopic (exact) mass is 365 g/mol. The molecule has 25 heavy (non-hydrogen) atoms. The van der Waals surface area contributed by atoms with Crippen LogP contribution < -0.4 is 5.32 Å². The standard InChI is InChI=1S/C15H29NO7.C2H6/c1-7-13(12(19)11(18)9(6-17)21-7)23-10-5-15(3,16-4)14(20)8(2)22-10;1-2/h7-14,16-20H,5-6H2,1-4H3;1-2H3/t7-,8-,9+,10-,11+,12-,13-,14+,15-;/m0./s1. The fraction of sp³-hybridized carbons (Fsp3) is 1.00. The van der Waals surface area contributed by atoms with Gasteiger partial charge in [0.2, 0.25) is 0 Å². The summed E-state index contributed by atoms with van der Waals surface area (Å²) in [4.78, 5) is 0. The van der Waals surface area contributed by atoms with Gasteiger partial charge in [-0.2, -0.15) is 0 Å². The second kappa shape index (κ2) is 9.57. The third-order valence-electron chi connectivity index (χ3n) is 5.03. The van der Waals surface area contributed by atoms with Gasteiger partial charge in [0.1, 0.15) is 24.4 Å². The molecule has 150 valence electrons. The van der Waals surface area contributed by atoms with Gasteiger partial charge in [0.15, 0.2) is 6.29 Å². The molecule has 2 aliphatic rings. The quantitative estimate of drug-likeness (QED) is 0.447. The normalized spacial score (nSPS) is 47.8. The van der Waals surface area contributed by atoms with E-state index in [4.69, 9.17) is 14.2 Å². The molecule has 0 aliphatic carbocycles. The van der Waals surface area contributed by atoms with E-state index in [0.717, 1.165) is 0 Å². The predicted molar refractivity (Wildman–Crippen MR) is 92.1 cm³/mol. The minimum atomic E-state index is -1.23. The molecule has 0 bridgehead atoms. The lowest BCUT2D eigenvalue weighted by Gasteiger charge is -2.48. The number of likely N-dealkylation sites (N-methyl/N-ethyl adjacent to an activating group) is 1. The highest BCUT2D eigenvalue weighted by molar-refractivity contribution is 4.98. The molecule has 2 fully saturated rings. The number of hydrogen-bond acceptors (Lipinski definition) is 8. The van der Waals surface area contributed by atoms with Crippen LogP contribution in [0.15, 0.2) is 0 Å². The lowest BCUT2D eigenvalue weighted by molar-refractivity contribution is -0.306. The first kappa shape index (κ1) is 22.7. The molecule has 8 nitrogen and oxygen atoms in total. The van der Waals surface area contributed by atoms with Gasteiger partial charge in [-0.25, -0.2) is 0 Å². The first-order chi connectivity index (χ1) is 11.7. The van der Waals surface area contributed by atoms with Crippen molar-refractivity contribution in [3.05, 3.63) is 0 Å². The third kappa shape index (κ3) is 4.90. The molecule has 8 heteroatoms. The Kier molecular flexibility index (Phi) is 8.70. The Labute approximate surface area is 150 Å². The van der Waals surface area contributed by atoms with Crippen molar-refractivity contribution in [3.63, 3.8) is 0 Å². The van der Waals surface area contributed by atoms with E-state index in [2.05, 4.69) is 5.32 Å². The van der Waals surface area contributed by atoms with Crippen molar-refractivity contribution in [1.82, 2.24) is 5.32 Å². The van der Waals surface area contributed by atoms with Crippen LogP contribution >= 0.6 is 0 Å². The molecule has 5 N–H and O–H groups in total. The van der Waals surface area contributed by atoms with Gasteiger partial charge in [0.05, 0.1) is 24.9 Å². The number of aliphatic hydroxyl groups is 4. The van der Waals surface area contributed by atoms with Crippen LogP contribution in [-0.2, 0) is 14.2 Å². The summed E-state index contributed by atoms with van der Waals surface area (Å²) in [7, 11) is 1.76. The first-order valence-electron chi connectivity index (χ1n) is 9.04. The molecule has 0 aromatic rings. The van der Waals surface area contributed by atoms with Crippen LogP contribution in [0.5, 0.6) is 0 Å². The van der Waals surface area contributed by atoms with Crippen molar-refractivity contribution in [1.29, 1.82) is 0 Å². The van der Waals surface area contributed by atoms with Crippen LogP contribution in [-0.4, -0.2) is 88.6 Å². The van der Waals surface area contributed by atoms with Crippen molar-refractivity contribution >= 4 is 0 Å². The first-order valence-corrected chi connectivity index (χ1v) is 9.04. The third-order valence-corrected chi connectivity index (χ3v) is 5.03. The highest BCUT2D eigenvalue weighted by Gasteiger charge is 2.48. The zero-order valence-corrected chi connectivity index (χ0v) is 16.0. The Morgan fingerprint density at radius 2 is 1.68 bits per heavy atom. The minimum absolute atomic E-state index is 0.379. The van der Waals surface area contributed by atoms with Gasteiger partial charge < -0.3 is 40.0 Å². The Morgan fingerprint density at radius 3 is 2.20 bits per heavy atom. The van der Waals surface area contributed by atoms with Gasteiger partial charge in [-0.3, -0.25) is 0 Å². The molecule has 2 aliphatic heterocycles. The smallest absolute Gasteiger partial charge is 0.160 e. The topological polar surface area (TPSA) is 121 Å². The van der Waals surface area contributed by atoms with Crippen LogP contribution in [0.4, 0.5) is 0 Å². The van der Waals surface area contributed by atoms with E-state index >= 15 is 0 Å². The lowest BCUT2D eigenvalue weighted by atomic mass is 9.85. The maximum Gasteiger partial charge on any atom is 0.160 e. The fourth-order valence-corrected chi connectivity index (χ4v) is 3.32. The molecule has 0 aromatic carbocycles. The summed E-state index contributed by atoms with van der Waals surface area (Å²) in [5.74, 6) is 0. The van der Waals surface area contributed by atoms with Crippen molar-refractivity contribution in [2.75, 3.05) is 13.7 Å². The summed E-state index contributed by atoms with van der Waals surface area (Å²) in [5.41, 5.74) is -0.585. The molecule has 0 aromatic heterocycles. The summed E-state index contributed by atoms with van der Waals surface area (Å²) in [6.45, 7) is 8.96. The molecule has 0 amide bonds. The van der Waals surface area contributed by atoms with Crippen LogP contribution in [0.25, 0.3) is 0 Å². The zero-order valence-electron chi connectivity index (χ0n) is 16.0. The van der Waals surface area contributed by atoms with Gasteiger partial charge in [-0.05, 0) is 27.8 Å². The molecule has 2 rings (SSSR count). The van der Waals surface area contributed by atoms with Gasteiger partial charge in [0, 0.05) is 12.0 Å². The Bertz CT molecular complexity index is 399. The van der Waals surface area contributed by atoms with Crippen LogP contribution in [0, 0.1) is 0 Å². The van der Waals surface area contributed by atoms with Crippen molar-refractivity contribution in [2.24, 2.45) is 0 Å². The molecule has 0 unspecified atom stereocenters. The molecular formula is C17H35NO7. The second-order valence-corrected chi connectivity index (χ2v) is 6.73. The lowest BCUT2D eigenvalue weighted by Crippen LogP contribution is -2.64. The molecular weight excluding hydrogens is 330 g/mol. The molecule has 2 heterocycles. The van der Waals surface area contributed by atoms with E-state index in [-0.39, 0.29) is 6.61 Å². The van der Waals surface area contributed by atoms with Crippen molar-refractivity contribution in [2.45, 2.75) is 95.6 Å². The fourth-order valence-electron chi connectivity index (χ4n) is 3.32. The van der Waals surface area contributed by atoms with E-state index in [1.54, 1.807) is 20.9 Å². The largest absolute Gasteiger partial charge is 0.394 e. The number of aliphatic hydroxyl groups excluding tert-OH is 4. The summed E-state index contributed by atoms with van der Waals surface area (Å²) < 4.78 is 17.0. The van der Waals surface area contributed by atoms with Gasteiger partial charge >= 0.3 is 0 Å². The average molecular weight is 365 g/mol.